The lowest BCUT2D eigenvalue weighted by molar-refractivity contribution is -0.121. The number of carbonyl (C=O) groups is 3. The molecule has 0 spiro atoms. The summed E-state index contributed by atoms with van der Waals surface area (Å²) in [5.41, 5.74) is 7.26. The third-order valence-corrected chi connectivity index (χ3v) is 5.14. The summed E-state index contributed by atoms with van der Waals surface area (Å²) in [5, 5.41) is 5.10. The molecule has 0 aromatic heterocycles. The lowest BCUT2D eigenvalue weighted by Crippen LogP contribution is -2.49. The average Bonchev–Trinajstić information content (AvgIpc) is 2.82. The Morgan fingerprint density at radius 1 is 0.882 bits per heavy atom. The van der Waals surface area contributed by atoms with Gasteiger partial charge in [-0.3, -0.25) is 30.6 Å². The van der Waals surface area contributed by atoms with Gasteiger partial charge >= 0.3 is 0 Å². The summed E-state index contributed by atoms with van der Waals surface area (Å²) < 4.78 is 6.25. The second-order valence-corrected chi connectivity index (χ2v) is 8.42. The molecular weight excluding hydrogens is 520 g/mol. The molecule has 34 heavy (non-hydrogen) atoms. The summed E-state index contributed by atoms with van der Waals surface area (Å²) in [6.07, 6.45) is 0. The van der Waals surface area contributed by atoms with Crippen molar-refractivity contribution >= 4 is 56.7 Å². The van der Waals surface area contributed by atoms with Crippen LogP contribution in [0.2, 0.25) is 0 Å². The van der Waals surface area contributed by atoms with E-state index in [2.05, 4.69) is 37.4 Å². The standard InChI is InChI=1S/C24H21BrN4O4S/c1-15-3-2-4-17(13-15)22(31)26-19-9-5-16(6-10-19)23(32)28-29-24(34)27-21(30)14-33-20-11-7-18(25)8-12-20/h2-13H,14H2,1H3,(H,26,31)(H,28,32)(H2,27,29,30,34). The first-order chi connectivity index (χ1) is 16.3. The molecule has 0 radical (unpaired) electrons. The molecule has 8 nitrogen and oxygen atoms in total. The number of rotatable bonds is 6. The molecule has 0 saturated heterocycles. The van der Waals surface area contributed by atoms with E-state index in [4.69, 9.17) is 17.0 Å². The van der Waals surface area contributed by atoms with E-state index >= 15 is 0 Å². The maximum absolute atomic E-state index is 12.3. The molecule has 174 valence electrons. The van der Waals surface area contributed by atoms with E-state index in [0.29, 0.717) is 22.6 Å². The normalized spacial score (nSPS) is 10.1. The maximum Gasteiger partial charge on any atom is 0.269 e. The lowest BCUT2D eigenvalue weighted by atomic mass is 10.1. The molecule has 0 aliphatic rings. The summed E-state index contributed by atoms with van der Waals surface area (Å²) in [5.74, 6) is -0.667. The highest BCUT2D eigenvalue weighted by Crippen LogP contribution is 2.16. The van der Waals surface area contributed by atoms with Crippen molar-refractivity contribution in [3.05, 3.63) is 94.0 Å². The van der Waals surface area contributed by atoms with Gasteiger partial charge in [0.25, 0.3) is 17.7 Å². The summed E-state index contributed by atoms with van der Waals surface area (Å²) in [4.78, 5) is 36.6. The number of aryl methyl sites for hydroxylation is 1. The molecule has 0 saturated carbocycles. The van der Waals surface area contributed by atoms with Gasteiger partial charge in [-0.25, -0.2) is 0 Å². The summed E-state index contributed by atoms with van der Waals surface area (Å²) >= 11 is 8.32. The van der Waals surface area contributed by atoms with Gasteiger partial charge < -0.3 is 10.1 Å². The molecule has 3 aromatic carbocycles. The largest absolute Gasteiger partial charge is 0.484 e. The topological polar surface area (TPSA) is 109 Å². The first-order valence-corrected chi connectivity index (χ1v) is 11.3. The van der Waals surface area contributed by atoms with E-state index < -0.39 is 11.8 Å². The second-order valence-electron chi connectivity index (χ2n) is 7.10. The van der Waals surface area contributed by atoms with Gasteiger partial charge in [0.15, 0.2) is 11.7 Å². The van der Waals surface area contributed by atoms with Crippen molar-refractivity contribution in [3.63, 3.8) is 0 Å². The molecule has 0 aliphatic heterocycles. The van der Waals surface area contributed by atoms with Gasteiger partial charge in [0.1, 0.15) is 5.75 Å². The van der Waals surface area contributed by atoms with Crippen LogP contribution in [0, 0.1) is 6.92 Å². The number of anilines is 1. The van der Waals surface area contributed by atoms with E-state index in [1.807, 2.05) is 19.1 Å². The Labute approximate surface area is 210 Å². The highest BCUT2D eigenvalue weighted by Gasteiger charge is 2.10. The van der Waals surface area contributed by atoms with E-state index in [1.54, 1.807) is 60.7 Å². The number of carbonyl (C=O) groups excluding carboxylic acids is 3. The number of hydrogen-bond acceptors (Lipinski definition) is 5. The van der Waals surface area contributed by atoms with Crippen LogP contribution in [-0.4, -0.2) is 29.4 Å². The maximum atomic E-state index is 12.3. The third-order valence-electron chi connectivity index (χ3n) is 4.41. The number of hydrogen-bond donors (Lipinski definition) is 4. The quantitative estimate of drug-likeness (QED) is 0.280. The molecule has 3 rings (SSSR count). The predicted molar refractivity (Wildman–Crippen MR) is 137 cm³/mol. The Kier molecular flexibility index (Phi) is 8.72. The number of nitrogens with one attached hydrogen (secondary N) is 4. The lowest BCUT2D eigenvalue weighted by Gasteiger charge is -2.12. The fourth-order valence-corrected chi connectivity index (χ4v) is 3.18. The van der Waals surface area contributed by atoms with E-state index in [-0.39, 0.29) is 17.6 Å². The zero-order valence-electron chi connectivity index (χ0n) is 18.1. The molecule has 0 unspecified atom stereocenters. The number of benzene rings is 3. The van der Waals surface area contributed by atoms with Crippen LogP contribution in [0.5, 0.6) is 5.75 Å². The van der Waals surface area contributed by atoms with Gasteiger partial charge in [-0.1, -0.05) is 33.6 Å². The van der Waals surface area contributed by atoms with Gasteiger partial charge in [-0.15, -0.1) is 0 Å². The first-order valence-electron chi connectivity index (χ1n) is 10.1. The monoisotopic (exact) mass is 540 g/mol. The molecular formula is C24H21BrN4O4S. The van der Waals surface area contributed by atoms with Crippen LogP contribution in [0.25, 0.3) is 0 Å². The average molecular weight is 541 g/mol. The fourth-order valence-electron chi connectivity index (χ4n) is 2.75. The number of ether oxygens (including phenoxy) is 1. The van der Waals surface area contributed by atoms with Crippen LogP contribution in [0.15, 0.2) is 77.3 Å². The Balaban J connectivity index is 1.42. The first kappa shape index (κ1) is 24.9. The number of thiocarbonyl (C=S) groups is 1. The van der Waals surface area contributed by atoms with Crippen molar-refractivity contribution in [1.29, 1.82) is 0 Å². The smallest absolute Gasteiger partial charge is 0.269 e. The second kappa shape index (κ2) is 11.9. The molecule has 4 N–H and O–H groups in total. The van der Waals surface area contributed by atoms with Gasteiger partial charge in [-0.05, 0) is 79.8 Å². The summed E-state index contributed by atoms with van der Waals surface area (Å²) in [7, 11) is 0. The Morgan fingerprint density at radius 3 is 2.26 bits per heavy atom. The molecule has 0 aliphatic carbocycles. The number of hydrazine groups is 1. The summed E-state index contributed by atoms with van der Waals surface area (Å²) in [6.45, 7) is 1.67. The van der Waals surface area contributed by atoms with Crippen molar-refractivity contribution < 1.29 is 19.1 Å². The van der Waals surface area contributed by atoms with E-state index in [1.165, 1.54) is 0 Å². The number of amides is 3. The van der Waals surface area contributed by atoms with Crippen LogP contribution < -0.4 is 26.2 Å². The van der Waals surface area contributed by atoms with E-state index in [0.717, 1.165) is 10.0 Å². The molecule has 0 bridgehead atoms. The summed E-state index contributed by atoms with van der Waals surface area (Å²) in [6, 6.07) is 20.6. The van der Waals surface area contributed by atoms with Crippen LogP contribution in [0.1, 0.15) is 26.3 Å². The minimum Gasteiger partial charge on any atom is -0.484 e. The van der Waals surface area contributed by atoms with Crippen LogP contribution >= 0.6 is 28.1 Å². The molecule has 0 atom stereocenters. The van der Waals surface area contributed by atoms with Crippen LogP contribution in [0.4, 0.5) is 5.69 Å². The van der Waals surface area contributed by atoms with E-state index in [9.17, 15) is 14.4 Å². The van der Waals surface area contributed by atoms with Crippen molar-refractivity contribution in [2.75, 3.05) is 11.9 Å². The highest BCUT2D eigenvalue weighted by atomic mass is 79.9. The Morgan fingerprint density at radius 2 is 1.59 bits per heavy atom. The van der Waals surface area contributed by atoms with Crippen molar-refractivity contribution in [1.82, 2.24) is 16.2 Å². The van der Waals surface area contributed by atoms with Crippen molar-refractivity contribution in [2.24, 2.45) is 0 Å². The minimum atomic E-state index is -0.483. The fraction of sp³-hybridized carbons (Fsp3) is 0.0833. The minimum absolute atomic E-state index is 0.0835. The molecule has 10 heteroatoms. The molecule has 0 heterocycles. The van der Waals surface area contributed by atoms with Crippen molar-refractivity contribution in [3.8, 4) is 5.75 Å². The van der Waals surface area contributed by atoms with Crippen molar-refractivity contribution in [2.45, 2.75) is 6.92 Å². The Bertz CT molecular complexity index is 1200. The van der Waals surface area contributed by atoms with Gasteiger partial charge in [0, 0.05) is 21.3 Å². The number of halogens is 1. The zero-order chi connectivity index (χ0) is 24.5. The van der Waals surface area contributed by atoms with Crippen LogP contribution in [0.3, 0.4) is 0 Å². The molecule has 0 fully saturated rings. The van der Waals surface area contributed by atoms with Crippen LogP contribution in [-0.2, 0) is 4.79 Å². The van der Waals surface area contributed by atoms with Gasteiger partial charge in [0.2, 0.25) is 0 Å². The van der Waals surface area contributed by atoms with Gasteiger partial charge in [0.05, 0.1) is 0 Å². The highest BCUT2D eigenvalue weighted by molar-refractivity contribution is 9.10. The third kappa shape index (κ3) is 7.68. The predicted octanol–water partition coefficient (Wildman–Crippen LogP) is 3.72. The van der Waals surface area contributed by atoms with Gasteiger partial charge in [-0.2, -0.15) is 0 Å². The SMILES string of the molecule is Cc1cccc(C(=O)Nc2ccc(C(=O)NNC(=S)NC(=O)COc3ccc(Br)cc3)cc2)c1. The zero-order valence-corrected chi connectivity index (χ0v) is 20.5. The molecule has 3 amide bonds. The Hall–Kier alpha value is -3.76. The molecule has 3 aromatic rings.